The van der Waals surface area contributed by atoms with E-state index in [-0.39, 0.29) is 6.61 Å². The molecule has 0 atom stereocenters. The van der Waals surface area contributed by atoms with Crippen LogP contribution < -0.4 is 5.32 Å². The fraction of sp³-hybridized carbons (Fsp3) is 0.308. The van der Waals surface area contributed by atoms with Crippen LogP contribution in [0.1, 0.15) is 11.3 Å². The Labute approximate surface area is 95.1 Å². The molecule has 0 saturated heterocycles. The summed E-state index contributed by atoms with van der Waals surface area (Å²) in [6.07, 6.45) is 0. The van der Waals surface area contributed by atoms with E-state index in [1.165, 1.54) is 10.9 Å². The Balaban J connectivity index is 2.34. The molecule has 0 aliphatic rings. The zero-order valence-corrected chi connectivity index (χ0v) is 9.40. The molecule has 0 aliphatic carbocycles. The molecule has 3 heteroatoms. The first-order chi connectivity index (χ1) is 7.81. The minimum absolute atomic E-state index is 0.169. The van der Waals surface area contributed by atoms with Gasteiger partial charge in [-0.25, -0.2) is 0 Å². The Morgan fingerprint density at radius 2 is 2.12 bits per heavy atom. The summed E-state index contributed by atoms with van der Waals surface area (Å²) in [5, 5.41) is 13.1. The lowest BCUT2D eigenvalue weighted by molar-refractivity contribution is 0.292. The average Bonchev–Trinajstić information content (AvgIpc) is 2.29. The van der Waals surface area contributed by atoms with Gasteiger partial charge in [0.1, 0.15) is 0 Å². The van der Waals surface area contributed by atoms with Crippen LogP contribution in [0.15, 0.2) is 30.3 Å². The summed E-state index contributed by atoms with van der Waals surface area (Å²) in [7, 11) is 0. The van der Waals surface area contributed by atoms with Crippen molar-refractivity contribution in [2.75, 3.05) is 13.2 Å². The molecule has 1 aromatic heterocycles. The topological polar surface area (TPSA) is 45.1 Å². The molecule has 0 aliphatic heterocycles. The Hall–Kier alpha value is -1.45. The lowest BCUT2D eigenvalue weighted by Crippen LogP contribution is -2.17. The number of nitrogens with zero attached hydrogens (tertiary/aromatic N) is 1. The van der Waals surface area contributed by atoms with Crippen molar-refractivity contribution < 1.29 is 5.11 Å². The van der Waals surface area contributed by atoms with Gasteiger partial charge in [-0.2, -0.15) is 0 Å². The van der Waals surface area contributed by atoms with Gasteiger partial charge in [-0.3, -0.25) is 4.98 Å². The lowest BCUT2D eigenvalue weighted by Gasteiger charge is -2.08. The zero-order valence-electron chi connectivity index (χ0n) is 9.40. The Bertz CT molecular complexity index is 482. The lowest BCUT2D eigenvalue weighted by atomic mass is 10.1. The normalized spacial score (nSPS) is 10.9. The first-order valence-corrected chi connectivity index (χ1v) is 5.48. The molecule has 1 aromatic carbocycles. The van der Waals surface area contributed by atoms with Crippen LogP contribution in [-0.4, -0.2) is 23.2 Å². The van der Waals surface area contributed by atoms with E-state index in [0.717, 1.165) is 17.8 Å². The number of fused-ring (bicyclic) bond motifs is 1. The van der Waals surface area contributed by atoms with Crippen molar-refractivity contribution in [1.82, 2.24) is 10.3 Å². The van der Waals surface area contributed by atoms with Crippen molar-refractivity contribution >= 4 is 10.9 Å². The van der Waals surface area contributed by atoms with Crippen molar-refractivity contribution in [3.8, 4) is 0 Å². The molecule has 0 fully saturated rings. The minimum Gasteiger partial charge on any atom is -0.395 e. The predicted molar refractivity (Wildman–Crippen MR) is 65.3 cm³/mol. The first kappa shape index (κ1) is 11.0. The number of nitrogens with one attached hydrogen (secondary N) is 1. The molecule has 0 bridgehead atoms. The smallest absolute Gasteiger partial charge is 0.0708 e. The average molecular weight is 216 g/mol. The number of para-hydroxylation sites is 1. The second kappa shape index (κ2) is 5.05. The van der Waals surface area contributed by atoms with E-state index in [4.69, 9.17) is 5.11 Å². The number of aliphatic hydroxyl groups is 1. The Morgan fingerprint density at radius 3 is 2.94 bits per heavy atom. The van der Waals surface area contributed by atoms with Gasteiger partial charge in [0.2, 0.25) is 0 Å². The van der Waals surface area contributed by atoms with E-state index in [1.54, 1.807) is 0 Å². The van der Waals surface area contributed by atoms with Crippen molar-refractivity contribution in [2.45, 2.75) is 13.5 Å². The molecular formula is C13H16N2O. The van der Waals surface area contributed by atoms with Gasteiger partial charge in [0.15, 0.2) is 0 Å². The molecule has 0 unspecified atom stereocenters. The second-order valence-electron chi connectivity index (χ2n) is 3.84. The Morgan fingerprint density at radius 1 is 1.31 bits per heavy atom. The van der Waals surface area contributed by atoms with Crippen molar-refractivity contribution in [1.29, 1.82) is 0 Å². The second-order valence-corrected chi connectivity index (χ2v) is 3.84. The van der Waals surface area contributed by atoms with Gasteiger partial charge in [0.25, 0.3) is 0 Å². The molecule has 3 nitrogen and oxygen atoms in total. The minimum atomic E-state index is 0.169. The van der Waals surface area contributed by atoms with Crippen LogP contribution in [0.25, 0.3) is 10.9 Å². The highest BCUT2D eigenvalue weighted by Crippen LogP contribution is 2.17. The van der Waals surface area contributed by atoms with Crippen molar-refractivity contribution in [2.24, 2.45) is 0 Å². The number of aromatic nitrogens is 1. The van der Waals surface area contributed by atoms with Gasteiger partial charge < -0.3 is 10.4 Å². The maximum Gasteiger partial charge on any atom is 0.0708 e. The third kappa shape index (κ3) is 2.38. The SMILES string of the molecule is Cc1cc(CNCCO)c2ccccc2n1. The number of rotatable bonds is 4. The van der Waals surface area contributed by atoms with E-state index < -0.39 is 0 Å². The van der Waals surface area contributed by atoms with Crippen molar-refractivity contribution in [3.63, 3.8) is 0 Å². The van der Waals surface area contributed by atoms with Crippen LogP contribution in [0, 0.1) is 6.92 Å². The van der Waals surface area contributed by atoms with E-state index in [9.17, 15) is 0 Å². The standard InChI is InChI=1S/C13H16N2O/c1-10-8-11(9-14-6-7-16)12-4-2-3-5-13(12)15-10/h2-5,8,14,16H,6-7,9H2,1H3. The van der Waals surface area contributed by atoms with Crippen LogP contribution in [0.2, 0.25) is 0 Å². The summed E-state index contributed by atoms with van der Waals surface area (Å²) in [5.41, 5.74) is 3.29. The van der Waals surface area contributed by atoms with Crippen LogP contribution in [0.5, 0.6) is 0 Å². The largest absolute Gasteiger partial charge is 0.395 e. The maximum atomic E-state index is 8.74. The van der Waals surface area contributed by atoms with Gasteiger partial charge in [-0.15, -0.1) is 0 Å². The monoisotopic (exact) mass is 216 g/mol. The summed E-state index contributed by atoms with van der Waals surface area (Å²) in [6.45, 7) is 3.56. The molecule has 2 N–H and O–H groups in total. The predicted octanol–water partition coefficient (Wildman–Crippen LogP) is 1.63. The fourth-order valence-electron chi connectivity index (χ4n) is 1.84. The van der Waals surface area contributed by atoms with E-state index in [1.807, 2.05) is 25.1 Å². The van der Waals surface area contributed by atoms with Gasteiger partial charge in [-0.05, 0) is 24.6 Å². The van der Waals surface area contributed by atoms with Crippen LogP contribution >= 0.6 is 0 Å². The highest BCUT2D eigenvalue weighted by molar-refractivity contribution is 5.82. The number of pyridine rings is 1. The van der Waals surface area contributed by atoms with Crippen LogP contribution in [0.3, 0.4) is 0 Å². The summed E-state index contributed by atoms with van der Waals surface area (Å²) < 4.78 is 0. The summed E-state index contributed by atoms with van der Waals surface area (Å²) >= 11 is 0. The summed E-state index contributed by atoms with van der Waals surface area (Å²) in [5.74, 6) is 0. The molecular weight excluding hydrogens is 200 g/mol. The van der Waals surface area contributed by atoms with Gasteiger partial charge in [0.05, 0.1) is 12.1 Å². The molecule has 84 valence electrons. The molecule has 0 amide bonds. The van der Waals surface area contributed by atoms with Gasteiger partial charge >= 0.3 is 0 Å². The van der Waals surface area contributed by atoms with E-state index >= 15 is 0 Å². The highest BCUT2D eigenvalue weighted by Gasteiger charge is 2.02. The number of hydrogen-bond donors (Lipinski definition) is 2. The van der Waals surface area contributed by atoms with Gasteiger partial charge in [-0.1, -0.05) is 18.2 Å². The van der Waals surface area contributed by atoms with E-state index in [0.29, 0.717) is 6.54 Å². The molecule has 0 spiro atoms. The molecule has 2 rings (SSSR count). The zero-order chi connectivity index (χ0) is 11.4. The fourth-order valence-corrected chi connectivity index (χ4v) is 1.84. The molecule has 16 heavy (non-hydrogen) atoms. The molecule has 0 radical (unpaired) electrons. The Kier molecular flexibility index (Phi) is 3.49. The number of aryl methyl sites for hydroxylation is 1. The quantitative estimate of drug-likeness (QED) is 0.763. The molecule has 0 saturated carbocycles. The van der Waals surface area contributed by atoms with Crippen LogP contribution in [-0.2, 0) is 6.54 Å². The number of benzene rings is 1. The third-order valence-electron chi connectivity index (χ3n) is 2.53. The van der Waals surface area contributed by atoms with E-state index in [2.05, 4.69) is 22.4 Å². The highest BCUT2D eigenvalue weighted by atomic mass is 16.3. The number of aliphatic hydroxyl groups excluding tert-OH is 1. The van der Waals surface area contributed by atoms with Crippen molar-refractivity contribution in [3.05, 3.63) is 41.6 Å². The van der Waals surface area contributed by atoms with Crippen LogP contribution in [0.4, 0.5) is 0 Å². The first-order valence-electron chi connectivity index (χ1n) is 5.48. The third-order valence-corrected chi connectivity index (χ3v) is 2.53. The summed E-state index contributed by atoms with van der Waals surface area (Å²) in [4.78, 5) is 4.49. The summed E-state index contributed by atoms with van der Waals surface area (Å²) in [6, 6.07) is 10.2. The molecule has 1 heterocycles. The van der Waals surface area contributed by atoms with Gasteiger partial charge in [0, 0.05) is 24.2 Å². The maximum absolute atomic E-state index is 8.74. The number of hydrogen-bond acceptors (Lipinski definition) is 3. The molecule has 2 aromatic rings.